The minimum Gasteiger partial charge on any atom is -0.480 e. The number of nitrogens with two attached hydrogens (primary N) is 1. The molecule has 0 aliphatic rings. The van der Waals surface area contributed by atoms with Gasteiger partial charge in [-0.3, -0.25) is 14.4 Å². The molecular weight excluding hydrogens is 396 g/mol. The van der Waals surface area contributed by atoms with E-state index < -0.39 is 41.8 Å². The zero-order valence-electron chi connectivity index (χ0n) is 16.5. The van der Waals surface area contributed by atoms with Crippen LogP contribution in [0.2, 0.25) is 0 Å². The Labute approximate surface area is 174 Å². The van der Waals surface area contributed by atoms with Gasteiger partial charge >= 0.3 is 5.97 Å². The van der Waals surface area contributed by atoms with Gasteiger partial charge in [0.15, 0.2) is 0 Å². The van der Waals surface area contributed by atoms with Crippen molar-refractivity contribution in [1.82, 2.24) is 16.0 Å². The molecule has 29 heavy (non-hydrogen) atoms. The Balaban J connectivity index is 2.47. The molecule has 0 saturated carbocycles. The van der Waals surface area contributed by atoms with Crippen LogP contribution in [0.5, 0.6) is 0 Å². The molecule has 160 valence electrons. The van der Waals surface area contributed by atoms with Crippen LogP contribution in [0, 0.1) is 0 Å². The van der Waals surface area contributed by atoms with Crippen LogP contribution in [0.4, 0.5) is 0 Å². The van der Waals surface area contributed by atoms with E-state index in [9.17, 15) is 24.3 Å². The molecular formula is C19H28N4O5S. The summed E-state index contributed by atoms with van der Waals surface area (Å²) < 4.78 is 0. The fourth-order valence-corrected chi connectivity index (χ4v) is 2.87. The number of carbonyl (C=O) groups is 4. The molecule has 0 saturated heterocycles. The van der Waals surface area contributed by atoms with Crippen LogP contribution in [0.15, 0.2) is 30.3 Å². The molecule has 1 aromatic carbocycles. The molecule has 0 aliphatic carbocycles. The second-order valence-electron chi connectivity index (χ2n) is 6.48. The number of thioether (sulfide) groups is 1. The lowest BCUT2D eigenvalue weighted by atomic mass is 10.1. The average Bonchev–Trinajstić information content (AvgIpc) is 2.70. The SMILES string of the molecule is CSCCC(N)C(=O)NCC(=O)NC(C)C(=O)NC(Cc1ccccc1)C(=O)O. The van der Waals surface area contributed by atoms with E-state index in [-0.39, 0.29) is 13.0 Å². The number of benzene rings is 1. The Kier molecular flexibility index (Phi) is 10.8. The van der Waals surface area contributed by atoms with Crippen molar-refractivity contribution < 1.29 is 24.3 Å². The highest BCUT2D eigenvalue weighted by molar-refractivity contribution is 7.98. The minimum atomic E-state index is -1.17. The number of carboxylic acid groups (broad SMARTS) is 1. The molecule has 0 fully saturated rings. The highest BCUT2D eigenvalue weighted by Gasteiger charge is 2.24. The van der Waals surface area contributed by atoms with E-state index in [1.807, 2.05) is 12.3 Å². The number of nitrogens with one attached hydrogen (secondary N) is 3. The van der Waals surface area contributed by atoms with Crippen LogP contribution in [0.1, 0.15) is 18.9 Å². The molecule has 3 unspecified atom stereocenters. The van der Waals surface area contributed by atoms with Gasteiger partial charge in [-0.2, -0.15) is 11.8 Å². The Morgan fingerprint density at radius 3 is 2.34 bits per heavy atom. The zero-order chi connectivity index (χ0) is 21.8. The maximum absolute atomic E-state index is 12.2. The third-order valence-corrected chi connectivity index (χ3v) is 4.70. The standard InChI is InChI=1S/C19H28N4O5S/c1-12(22-16(24)11-21-18(26)14(20)8-9-29-2)17(25)23-15(19(27)28)10-13-6-4-3-5-7-13/h3-7,12,14-15H,8-11,20H2,1-2H3,(H,21,26)(H,22,24)(H,23,25)(H,27,28). The summed E-state index contributed by atoms with van der Waals surface area (Å²) in [5, 5.41) is 16.6. The first-order valence-electron chi connectivity index (χ1n) is 9.13. The quantitative estimate of drug-likeness (QED) is 0.303. The van der Waals surface area contributed by atoms with Gasteiger partial charge in [0.25, 0.3) is 0 Å². The smallest absolute Gasteiger partial charge is 0.326 e. The largest absolute Gasteiger partial charge is 0.480 e. The molecule has 10 heteroatoms. The van der Waals surface area contributed by atoms with Crippen LogP contribution in [0.25, 0.3) is 0 Å². The van der Waals surface area contributed by atoms with Crippen molar-refractivity contribution in [3.8, 4) is 0 Å². The van der Waals surface area contributed by atoms with Gasteiger partial charge in [-0.1, -0.05) is 30.3 Å². The molecule has 0 spiro atoms. The lowest BCUT2D eigenvalue weighted by Gasteiger charge is -2.19. The highest BCUT2D eigenvalue weighted by atomic mass is 32.2. The van der Waals surface area contributed by atoms with Gasteiger partial charge in [-0.15, -0.1) is 0 Å². The maximum Gasteiger partial charge on any atom is 0.326 e. The zero-order valence-corrected chi connectivity index (χ0v) is 17.3. The van der Waals surface area contributed by atoms with Gasteiger partial charge < -0.3 is 26.8 Å². The second-order valence-corrected chi connectivity index (χ2v) is 7.47. The van der Waals surface area contributed by atoms with Crippen LogP contribution in [-0.4, -0.2) is 65.5 Å². The molecule has 6 N–H and O–H groups in total. The van der Waals surface area contributed by atoms with E-state index in [2.05, 4.69) is 16.0 Å². The highest BCUT2D eigenvalue weighted by Crippen LogP contribution is 2.04. The van der Waals surface area contributed by atoms with Crippen molar-refractivity contribution in [3.05, 3.63) is 35.9 Å². The molecule has 0 heterocycles. The molecule has 9 nitrogen and oxygen atoms in total. The topological polar surface area (TPSA) is 151 Å². The van der Waals surface area contributed by atoms with Crippen LogP contribution >= 0.6 is 11.8 Å². The predicted octanol–water partition coefficient (Wildman–Crippen LogP) is -0.500. The number of hydrogen-bond acceptors (Lipinski definition) is 6. The molecule has 3 amide bonds. The average molecular weight is 425 g/mol. The summed E-state index contributed by atoms with van der Waals surface area (Å²) in [6, 6.07) is 6.09. The summed E-state index contributed by atoms with van der Waals surface area (Å²) >= 11 is 1.56. The van der Waals surface area contributed by atoms with Gasteiger partial charge in [0.2, 0.25) is 17.7 Å². The lowest BCUT2D eigenvalue weighted by Crippen LogP contribution is -2.53. The van der Waals surface area contributed by atoms with Crippen LogP contribution < -0.4 is 21.7 Å². The summed E-state index contributed by atoms with van der Waals surface area (Å²) in [7, 11) is 0. The number of aliphatic carboxylic acids is 1. The summed E-state index contributed by atoms with van der Waals surface area (Å²) in [5.41, 5.74) is 6.47. The summed E-state index contributed by atoms with van der Waals surface area (Å²) in [6.07, 6.45) is 2.51. The van der Waals surface area contributed by atoms with Gasteiger partial charge in [-0.05, 0) is 30.9 Å². The van der Waals surface area contributed by atoms with Crippen molar-refractivity contribution >= 4 is 35.5 Å². The fourth-order valence-electron chi connectivity index (χ4n) is 2.38. The Morgan fingerprint density at radius 2 is 1.76 bits per heavy atom. The normalized spacial score (nSPS) is 13.6. The van der Waals surface area contributed by atoms with E-state index in [0.717, 1.165) is 11.3 Å². The Morgan fingerprint density at radius 1 is 1.10 bits per heavy atom. The maximum atomic E-state index is 12.2. The predicted molar refractivity (Wildman–Crippen MR) is 111 cm³/mol. The van der Waals surface area contributed by atoms with E-state index in [0.29, 0.717) is 6.42 Å². The molecule has 0 bridgehead atoms. The molecule has 3 atom stereocenters. The third kappa shape index (κ3) is 9.44. The number of carboxylic acids is 1. The molecule has 1 rings (SSSR count). The Hall–Kier alpha value is -2.59. The van der Waals surface area contributed by atoms with Crippen molar-refractivity contribution in [3.63, 3.8) is 0 Å². The number of carbonyl (C=O) groups excluding carboxylic acids is 3. The first-order chi connectivity index (χ1) is 13.7. The third-order valence-electron chi connectivity index (χ3n) is 4.06. The molecule has 0 aliphatic heterocycles. The molecule has 1 aromatic rings. The van der Waals surface area contributed by atoms with Gasteiger partial charge in [0.05, 0.1) is 12.6 Å². The van der Waals surface area contributed by atoms with Crippen molar-refractivity contribution in [2.45, 2.75) is 37.9 Å². The van der Waals surface area contributed by atoms with E-state index in [4.69, 9.17) is 5.73 Å². The number of amides is 3. The molecule has 0 radical (unpaired) electrons. The number of hydrogen-bond donors (Lipinski definition) is 5. The first kappa shape index (κ1) is 24.4. The second kappa shape index (κ2) is 12.8. The fraction of sp³-hybridized carbons (Fsp3) is 0.474. The molecule has 0 aromatic heterocycles. The van der Waals surface area contributed by atoms with Crippen LogP contribution in [-0.2, 0) is 25.6 Å². The summed E-state index contributed by atoms with van der Waals surface area (Å²) in [6.45, 7) is 1.11. The van der Waals surface area contributed by atoms with Gasteiger partial charge in [0, 0.05) is 6.42 Å². The Bertz CT molecular complexity index is 701. The van der Waals surface area contributed by atoms with Crippen LogP contribution in [0.3, 0.4) is 0 Å². The van der Waals surface area contributed by atoms with Crippen molar-refractivity contribution in [1.29, 1.82) is 0 Å². The van der Waals surface area contributed by atoms with Crippen molar-refractivity contribution in [2.24, 2.45) is 5.73 Å². The van der Waals surface area contributed by atoms with Gasteiger partial charge in [0.1, 0.15) is 12.1 Å². The van der Waals surface area contributed by atoms with E-state index in [1.54, 1.807) is 36.0 Å². The summed E-state index contributed by atoms with van der Waals surface area (Å²) in [5.74, 6) is -2.10. The minimum absolute atomic E-state index is 0.118. The lowest BCUT2D eigenvalue weighted by molar-refractivity contribution is -0.142. The first-order valence-corrected chi connectivity index (χ1v) is 10.5. The van der Waals surface area contributed by atoms with Gasteiger partial charge in [-0.25, -0.2) is 4.79 Å². The monoisotopic (exact) mass is 424 g/mol. The van der Waals surface area contributed by atoms with Crippen molar-refractivity contribution in [2.75, 3.05) is 18.6 Å². The number of rotatable bonds is 12. The van der Waals surface area contributed by atoms with E-state index in [1.165, 1.54) is 6.92 Å². The summed E-state index contributed by atoms with van der Waals surface area (Å²) in [4.78, 5) is 47.4. The van der Waals surface area contributed by atoms with E-state index >= 15 is 0 Å².